The van der Waals surface area contributed by atoms with Gasteiger partial charge in [0.15, 0.2) is 11.6 Å². The van der Waals surface area contributed by atoms with Crippen molar-refractivity contribution in [2.75, 3.05) is 6.54 Å². The van der Waals surface area contributed by atoms with Crippen molar-refractivity contribution < 1.29 is 9.15 Å². The summed E-state index contributed by atoms with van der Waals surface area (Å²) in [7, 11) is 0. The van der Waals surface area contributed by atoms with E-state index >= 15 is 0 Å². The SMILES string of the molecule is c1ccc(COc2ccc3[nH]cc(CN4CCc5nc(-c6ccco6)ncc5C4)c3c2)cc1. The van der Waals surface area contributed by atoms with Crippen LogP contribution in [0.1, 0.15) is 22.4 Å². The normalized spacial score (nSPS) is 13.8. The third-order valence-electron chi connectivity index (χ3n) is 6.14. The van der Waals surface area contributed by atoms with Crippen molar-refractivity contribution in [1.29, 1.82) is 0 Å². The minimum absolute atomic E-state index is 0.564. The molecule has 2 aromatic carbocycles. The summed E-state index contributed by atoms with van der Waals surface area (Å²) in [5.74, 6) is 2.26. The standard InChI is InChI=1S/C27H24N4O2/c1-2-5-19(6-3-1)18-33-22-8-9-25-23(13-22)20(14-28-25)16-31-11-10-24-21(17-31)15-29-27(30-24)26-7-4-12-32-26/h1-9,12-15,28H,10-11,16-18H2. The van der Waals surface area contributed by atoms with Crippen molar-refractivity contribution in [3.63, 3.8) is 0 Å². The zero-order chi connectivity index (χ0) is 22.0. The molecule has 1 aliphatic rings. The highest BCUT2D eigenvalue weighted by molar-refractivity contribution is 5.84. The lowest BCUT2D eigenvalue weighted by molar-refractivity contribution is 0.243. The topological polar surface area (TPSA) is 67.2 Å². The molecule has 0 saturated carbocycles. The first-order valence-corrected chi connectivity index (χ1v) is 11.2. The Kier molecular flexibility index (Phi) is 5.13. The molecule has 0 radical (unpaired) electrons. The number of rotatable bonds is 6. The lowest BCUT2D eigenvalue weighted by Crippen LogP contribution is -2.30. The zero-order valence-electron chi connectivity index (χ0n) is 18.2. The molecule has 0 amide bonds. The van der Waals surface area contributed by atoms with E-state index in [1.54, 1.807) is 6.26 Å². The number of hydrogen-bond donors (Lipinski definition) is 1. The van der Waals surface area contributed by atoms with Crippen LogP contribution in [0.2, 0.25) is 0 Å². The third kappa shape index (κ3) is 4.13. The predicted octanol–water partition coefficient (Wildman–Crippen LogP) is 5.36. The van der Waals surface area contributed by atoms with Gasteiger partial charge >= 0.3 is 0 Å². The van der Waals surface area contributed by atoms with E-state index in [-0.39, 0.29) is 0 Å². The largest absolute Gasteiger partial charge is 0.489 e. The van der Waals surface area contributed by atoms with Crippen LogP contribution in [0, 0.1) is 0 Å². The van der Waals surface area contributed by atoms with E-state index in [2.05, 4.69) is 45.3 Å². The van der Waals surface area contributed by atoms with Gasteiger partial charge in [-0.15, -0.1) is 0 Å². The van der Waals surface area contributed by atoms with E-state index < -0.39 is 0 Å². The number of H-pyrrole nitrogens is 1. The van der Waals surface area contributed by atoms with E-state index in [4.69, 9.17) is 14.1 Å². The van der Waals surface area contributed by atoms with Gasteiger partial charge in [0.1, 0.15) is 12.4 Å². The van der Waals surface area contributed by atoms with Crippen molar-refractivity contribution in [3.05, 3.63) is 102 Å². The quantitative estimate of drug-likeness (QED) is 0.388. The number of aromatic amines is 1. The first-order chi connectivity index (χ1) is 16.3. The second-order valence-corrected chi connectivity index (χ2v) is 8.40. The Morgan fingerprint density at radius 2 is 2.00 bits per heavy atom. The monoisotopic (exact) mass is 436 g/mol. The molecule has 0 aliphatic carbocycles. The summed E-state index contributed by atoms with van der Waals surface area (Å²) in [6.45, 7) is 3.22. The molecular formula is C27H24N4O2. The van der Waals surface area contributed by atoms with Crippen LogP contribution in [0.4, 0.5) is 0 Å². The Morgan fingerprint density at radius 3 is 2.88 bits per heavy atom. The molecule has 164 valence electrons. The maximum absolute atomic E-state index is 6.05. The van der Waals surface area contributed by atoms with Crippen LogP contribution in [0.15, 0.2) is 83.7 Å². The molecule has 1 N–H and O–H groups in total. The fraction of sp³-hybridized carbons (Fsp3) is 0.185. The smallest absolute Gasteiger partial charge is 0.195 e. The Labute approximate surface area is 191 Å². The summed E-state index contributed by atoms with van der Waals surface area (Å²) >= 11 is 0. The second kappa shape index (κ2) is 8.56. The molecule has 5 aromatic rings. The summed E-state index contributed by atoms with van der Waals surface area (Å²) in [6.07, 6.45) is 6.60. The first kappa shape index (κ1) is 19.8. The Hall–Kier alpha value is -3.90. The van der Waals surface area contributed by atoms with Crippen molar-refractivity contribution in [2.24, 2.45) is 0 Å². The van der Waals surface area contributed by atoms with Crippen LogP contribution in [-0.2, 0) is 26.1 Å². The number of nitrogens with zero attached hydrogens (tertiary/aromatic N) is 3. The molecule has 6 nitrogen and oxygen atoms in total. The average molecular weight is 437 g/mol. The van der Waals surface area contributed by atoms with Crippen LogP contribution in [0.25, 0.3) is 22.5 Å². The molecule has 0 fully saturated rings. The second-order valence-electron chi connectivity index (χ2n) is 8.40. The molecule has 0 spiro atoms. The summed E-state index contributed by atoms with van der Waals surface area (Å²) < 4.78 is 11.5. The van der Waals surface area contributed by atoms with E-state index in [0.717, 1.165) is 48.6 Å². The fourth-order valence-corrected chi connectivity index (χ4v) is 4.39. The Morgan fingerprint density at radius 1 is 1.06 bits per heavy atom. The third-order valence-corrected chi connectivity index (χ3v) is 6.14. The molecule has 6 heteroatoms. The van der Waals surface area contributed by atoms with Crippen LogP contribution >= 0.6 is 0 Å². The van der Waals surface area contributed by atoms with Gasteiger partial charge in [-0.3, -0.25) is 4.90 Å². The van der Waals surface area contributed by atoms with Gasteiger partial charge < -0.3 is 14.1 Å². The highest BCUT2D eigenvalue weighted by Gasteiger charge is 2.20. The van der Waals surface area contributed by atoms with E-state index in [9.17, 15) is 0 Å². The van der Waals surface area contributed by atoms with Gasteiger partial charge in [-0.25, -0.2) is 9.97 Å². The molecular weight excluding hydrogens is 412 g/mol. The lowest BCUT2D eigenvalue weighted by Gasteiger charge is -2.27. The van der Waals surface area contributed by atoms with Gasteiger partial charge in [-0.1, -0.05) is 30.3 Å². The van der Waals surface area contributed by atoms with Crippen LogP contribution in [-0.4, -0.2) is 26.4 Å². The summed E-state index contributed by atoms with van der Waals surface area (Å²) in [4.78, 5) is 15.1. The van der Waals surface area contributed by atoms with Gasteiger partial charge in [-0.05, 0) is 41.5 Å². The van der Waals surface area contributed by atoms with Gasteiger partial charge in [0.2, 0.25) is 0 Å². The maximum Gasteiger partial charge on any atom is 0.195 e. The zero-order valence-corrected chi connectivity index (χ0v) is 18.2. The molecule has 3 aromatic heterocycles. The number of nitrogens with one attached hydrogen (secondary N) is 1. The molecule has 4 heterocycles. The number of aromatic nitrogens is 3. The minimum atomic E-state index is 0.564. The van der Waals surface area contributed by atoms with Crippen LogP contribution < -0.4 is 4.74 Å². The molecule has 1 aliphatic heterocycles. The Bertz CT molecular complexity index is 1380. The van der Waals surface area contributed by atoms with E-state index in [1.165, 1.54) is 16.5 Å². The predicted molar refractivity (Wildman–Crippen MR) is 127 cm³/mol. The fourth-order valence-electron chi connectivity index (χ4n) is 4.39. The summed E-state index contributed by atoms with van der Waals surface area (Å²) in [5, 5.41) is 1.20. The molecule has 0 atom stereocenters. The van der Waals surface area contributed by atoms with Gasteiger partial charge in [0.05, 0.1) is 12.0 Å². The minimum Gasteiger partial charge on any atom is -0.489 e. The van der Waals surface area contributed by atoms with Gasteiger partial charge in [-0.2, -0.15) is 0 Å². The van der Waals surface area contributed by atoms with E-state index in [0.29, 0.717) is 18.2 Å². The van der Waals surface area contributed by atoms with Crippen molar-refractivity contribution in [2.45, 2.75) is 26.1 Å². The Balaban J connectivity index is 1.17. The summed E-state index contributed by atoms with van der Waals surface area (Å²) in [6, 6.07) is 20.3. The highest BCUT2D eigenvalue weighted by atomic mass is 16.5. The molecule has 6 rings (SSSR count). The number of hydrogen-bond acceptors (Lipinski definition) is 5. The molecule has 0 bridgehead atoms. The number of furan rings is 1. The van der Waals surface area contributed by atoms with Crippen molar-refractivity contribution in [1.82, 2.24) is 19.9 Å². The number of ether oxygens (including phenoxy) is 1. The number of fused-ring (bicyclic) bond motifs is 2. The van der Waals surface area contributed by atoms with Crippen LogP contribution in [0.5, 0.6) is 5.75 Å². The summed E-state index contributed by atoms with van der Waals surface area (Å²) in [5.41, 5.74) is 5.86. The molecule has 0 unspecified atom stereocenters. The van der Waals surface area contributed by atoms with Crippen molar-refractivity contribution >= 4 is 10.9 Å². The molecule has 0 saturated heterocycles. The van der Waals surface area contributed by atoms with Crippen molar-refractivity contribution in [3.8, 4) is 17.3 Å². The molecule has 33 heavy (non-hydrogen) atoms. The van der Waals surface area contributed by atoms with Gasteiger partial charge in [0, 0.05) is 54.9 Å². The average Bonchev–Trinajstić information content (AvgIpc) is 3.54. The van der Waals surface area contributed by atoms with Crippen LogP contribution in [0.3, 0.4) is 0 Å². The lowest BCUT2D eigenvalue weighted by atomic mass is 10.1. The maximum atomic E-state index is 6.05. The first-order valence-electron chi connectivity index (χ1n) is 11.2. The number of benzene rings is 2. The highest BCUT2D eigenvalue weighted by Crippen LogP contribution is 2.27. The van der Waals surface area contributed by atoms with Gasteiger partial charge in [0.25, 0.3) is 0 Å². The van der Waals surface area contributed by atoms with E-state index in [1.807, 2.05) is 42.6 Å².